The van der Waals surface area contributed by atoms with Crippen LogP contribution < -0.4 is 0 Å². The molecule has 0 spiro atoms. The smallest absolute Gasteiger partial charge is 0.195 e. The van der Waals surface area contributed by atoms with Gasteiger partial charge in [-0.2, -0.15) is 29.8 Å². The fourth-order valence-electron chi connectivity index (χ4n) is 5.09. The highest BCUT2D eigenvalue weighted by molar-refractivity contribution is 8.11. The maximum Gasteiger partial charge on any atom is 0.299 e. The average molecular weight is 596 g/mol. The Labute approximate surface area is 239 Å². The van der Waals surface area contributed by atoms with Crippen LogP contribution >= 0.6 is 10.7 Å². The van der Waals surface area contributed by atoms with E-state index in [2.05, 4.69) is 42.5 Å². The Bertz CT molecular complexity index is 1210. The second-order valence-electron chi connectivity index (χ2n) is 10.9. The van der Waals surface area contributed by atoms with E-state index in [1.165, 1.54) is 34.7 Å². The van der Waals surface area contributed by atoms with Gasteiger partial charge in [0.25, 0.3) is 19.4 Å². The minimum absolute atomic E-state index is 0.161. The molecule has 6 rings (SSSR count). The van der Waals surface area contributed by atoms with Crippen molar-refractivity contribution in [3.05, 3.63) is 71.8 Å². The van der Waals surface area contributed by atoms with Crippen molar-refractivity contribution >= 4 is 30.1 Å². The molecule has 7 nitrogen and oxygen atoms in total. The molecule has 0 bridgehead atoms. The van der Waals surface area contributed by atoms with Gasteiger partial charge in [0.05, 0.1) is 0 Å². The van der Waals surface area contributed by atoms with Crippen LogP contribution in [0.1, 0.15) is 62.5 Å². The highest BCUT2D eigenvalue weighted by Crippen LogP contribution is 2.32. The van der Waals surface area contributed by atoms with Gasteiger partial charge in [-0.05, 0) is 68.4 Å². The van der Waals surface area contributed by atoms with Gasteiger partial charge in [0.2, 0.25) is 0 Å². The first-order chi connectivity index (χ1) is 18.7. The molecule has 4 fully saturated rings. The summed E-state index contributed by atoms with van der Waals surface area (Å²) >= 11 is 0. The molecule has 1 unspecified atom stereocenters. The van der Waals surface area contributed by atoms with Crippen molar-refractivity contribution in [3.63, 3.8) is 0 Å². The van der Waals surface area contributed by atoms with Gasteiger partial charge < -0.3 is 0 Å². The second kappa shape index (κ2) is 14.4. The molecule has 39 heavy (non-hydrogen) atoms. The maximum atomic E-state index is 12.4. The summed E-state index contributed by atoms with van der Waals surface area (Å²) in [5, 5.41) is 0. The lowest BCUT2D eigenvalue weighted by atomic mass is 10.1. The van der Waals surface area contributed by atoms with Crippen LogP contribution in [0, 0.1) is 5.92 Å². The predicted octanol–water partition coefficient (Wildman–Crippen LogP) is 5.24. The Morgan fingerprint density at radius 2 is 1.10 bits per heavy atom. The molecule has 1 aliphatic carbocycles. The fraction of sp³-hybridized carbons (Fsp3) is 0.586. The van der Waals surface area contributed by atoms with E-state index < -0.39 is 19.4 Å². The maximum absolute atomic E-state index is 12.4. The van der Waals surface area contributed by atoms with Gasteiger partial charge in [0, 0.05) is 49.4 Å². The number of benzene rings is 2. The van der Waals surface area contributed by atoms with E-state index in [0.717, 1.165) is 50.9 Å². The van der Waals surface area contributed by atoms with Gasteiger partial charge in [-0.25, -0.2) is 0 Å². The van der Waals surface area contributed by atoms with E-state index >= 15 is 0 Å². The molecule has 3 saturated heterocycles. The van der Waals surface area contributed by atoms with E-state index in [9.17, 15) is 16.8 Å². The third-order valence-corrected chi connectivity index (χ3v) is 11.2. The van der Waals surface area contributed by atoms with Crippen LogP contribution in [0.3, 0.4) is 0 Å². The minimum Gasteiger partial charge on any atom is -0.195 e. The fourth-order valence-corrected chi connectivity index (χ4v) is 8.03. The van der Waals surface area contributed by atoms with Crippen molar-refractivity contribution < 1.29 is 16.8 Å². The van der Waals surface area contributed by atoms with Crippen LogP contribution in [-0.2, 0) is 32.3 Å². The van der Waals surface area contributed by atoms with Gasteiger partial charge in [0.15, 0.2) is 0 Å². The first-order valence-corrected chi connectivity index (χ1v) is 17.9. The molecule has 4 aliphatic rings. The van der Waals surface area contributed by atoms with Crippen molar-refractivity contribution in [2.45, 2.75) is 70.3 Å². The first-order valence-electron chi connectivity index (χ1n) is 14.3. The monoisotopic (exact) mass is 595 g/mol. The Balaban J connectivity index is 0.000000149. The lowest BCUT2D eigenvalue weighted by molar-refractivity contribution is 0.332. The van der Waals surface area contributed by atoms with Crippen molar-refractivity contribution in [1.82, 2.24) is 12.9 Å². The summed E-state index contributed by atoms with van der Waals surface area (Å²) in [5.41, 5.74) is 2.72. The minimum atomic E-state index is -3.42. The molecule has 2 aromatic carbocycles. The van der Waals surface area contributed by atoms with Gasteiger partial charge >= 0.3 is 0 Å². The molecule has 0 N–H and O–H groups in total. The number of nitrogens with zero attached hydrogens (tertiary/aromatic N) is 3. The van der Waals surface area contributed by atoms with E-state index in [1.54, 1.807) is 8.61 Å². The average Bonchev–Trinajstić information content (AvgIpc) is 3.89. The normalized spacial score (nSPS) is 24.0. The Morgan fingerprint density at radius 3 is 1.54 bits per heavy atom. The Morgan fingerprint density at radius 1 is 0.641 bits per heavy atom. The van der Waals surface area contributed by atoms with Gasteiger partial charge in [-0.1, -0.05) is 73.5 Å². The second-order valence-corrected chi connectivity index (χ2v) is 15.3. The third-order valence-electron chi connectivity index (χ3n) is 7.60. The number of rotatable bonds is 7. The molecule has 2 aromatic rings. The topological polar surface area (TPSA) is 77.8 Å². The number of halogens is 1. The molecule has 0 aromatic heterocycles. The summed E-state index contributed by atoms with van der Waals surface area (Å²) in [7, 11) is -1.50. The largest absolute Gasteiger partial charge is 0.299 e. The van der Waals surface area contributed by atoms with Crippen LogP contribution in [-0.4, -0.2) is 68.5 Å². The molecule has 0 amide bonds. The summed E-state index contributed by atoms with van der Waals surface area (Å²) in [5.74, 6) is 1.02. The van der Waals surface area contributed by atoms with E-state index in [-0.39, 0.29) is 6.04 Å². The van der Waals surface area contributed by atoms with Crippen molar-refractivity contribution in [2.75, 3.05) is 32.7 Å². The summed E-state index contributed by atoms with van der Waals surface area (Å²) < 4.78 is 50.8. The molecule has 2 atom stereocenters. The first kappa shape index (κ1) is 30.5. The summed E-state index contributed by atoms with van der Waals surface area (Å²) in [6, 6.07) is 21.0. The van der Waals surface area contributed by atoms with E-state index in [0.29, 0.717) is 32.7 Å². The van der Waals surface area contributed by atoms with Crippen LogP contribution in [0.15, 0.2) is 60.7 Å². The standard InChI is InChI=1S/C14H20N2O2S.C10H12.C5H10ClNO2S/c17-19(18,15-9-5-2-6-10-15)16-12-14(16)11-13-7-3-1-4-8-13;1-2-4-9(5-3-1)8-10-6-7-10;6-10(8,9)7-4-2-1-3-5-7/h1,3-4,7-8,14H,2,5-6,9-12H2;1-5,10H,6-8H2;1-5H2/t14-,16?;;/m0../s1. The van der Waals surface area contributed by atoms with Crippen LogP contribution in [0.2, 0.25) is 0 Å². The quantitative estimate of drug-likeness (QED) is 0.324. The predicted molar refractivity (Wildman–Crippen MR) is 158 cm³/mol. The molecular formula is C29H42ClN3O4S2. The molecule has 3 heterocycles. The number of hydrogen-bond acceptors (Lipinski definition) is 4. The molecule has 3 aliphatic heterocycles. The van der Waals surface area contributed by atoms with Gasteiger partial charge in [0.1, 0.15) is 0 Å². The zero-order valence-electron chi connectivity index (χ0n) is 22.7. The third kappa shape index (κ3) is 10.1. The molecule has 10 heteroatoms. The van der Waals surface area contributed by atoms with Crippen molar-refractivity contribution in [1.29, 1.82) is 0 Å². The van der Waals surface area contributed by atoms with E-state index in [4.69, 9.17) is 10.7 Å². The Hall–Kier alpha value is -1.49. The van der Waals surface area contributed by atoms with Gasteiger partial charge in [-0.3, -0.25) is 0 Å². The Kier molecular flexibility index (Phi) is 11.3. The summed E-state index contributed by atoms with van der Waals surface area (Å²) in [6.45, 7) is 3.24. The van der Waals surface area contributed by atoms with Gasteiger partial charge in [-0.15, -0.1) is 0 Å². The van der Waals surface area contributed by atoms with Crippen LogP contribution in [0.25, 0.3) is 0 Å². The molecule has 0 radical (unpaired) electrons. The van der Waals surface area contributed by atoms with Crippen LogP contribution in [0.4, 0.5) is 0 Å². The number of piperidine rings is 2. The molecule has 216 valence electrons. The lowest BCUT2D eigenvalue weighted by Gasteiger charge is -2.26. The summed E-state index contributed by atoms with van der Waals surface area (Å²) in [6.07, 6.45) is 11.2. The zero-order valence-corrected chi connectivity index (χ0v) is 25.1. The summed E-state index contributed by atoms with van der Waals surface area (Å²) in [4.78, 5) is 0. The lowest BCUT2D eigenvalue weighted by Crippen LogP contribution is -2.40. The molecular weight excluding hydrogens is 554 g/mol. The SMILES string of the molecule is O=S(=O)(Cl)N1CCCCC1.O=S(=O)(N1CCCCC1)N1C[C@@H]1Cc1ccccc1.c1ccc(CC2CC2)cc1. The zero-order chi connectivity index (χ0) is 27.7. The van der Waals surface area contributed by atoms with Crippen molar-refractivity contribution in [2.24, 2.45) is 5.92 Å². The van der Waals surface area contributed by atoms with E-state index in [1.807, 2.05) is 18.2 Å². The van der Waals surface area contributed by atoms with Crippen molar-refractivity contribution in [3.8, 4) is 0 Å². The molecule has 1 saturated carbocycles. The number of hydrogen-bond donors (Lipinski definition) is 0. The highest BCUT2D eigenvalue weighted by atomic mass is 35.7. The highest BCUT2D eigenvalue weighted by Gasteiger charge is 2.46. The van der Waals surface area contributed by atoms with Crippen LogP contribution in [0.5, 0.6) is 0 Å².